The van der Waals surface area contributed by atoms with Gasteiger partial charge < -0.3 is 10.4 Å². The molecule has 2 aliphatic rings. The molecule has 3 rings (SSSR count). The Labute approximate surface area is 128 Å². The Morgan fingerprint density at radius 1 is 1.10 bits per heavy atom. The van der Waals surface area contributed by atoms with Gasteiger partial charge in [-0.1, -0.05) is 30.3 Å². The minimum absolute atomic E-state index is 0.0554. The van der Waals surface area contributed by atoms with Gasteiger partial charge in [-0.15, -0.1) is 0 Å². The number of nitrogens with one attached hydrogen (secondary N) is 1. The van der Waals surface area contributed by atoms with Gasteiger partial charge in [0, 0.05) is 31.2 Å². The molecule has 1 aliphatic heterocycles. The summed E-state index contributed by atoms with van der Waals surface area (Å²) in [5, 5.41) is 13.4. The van der Waals surface area contributed by atoms with Gasteiger partial charge in [0.25, 0.3) is 0 Å². The molecular weight excluding hydrogens is 260 g/mol. The summed E-state index contributed by atoms with van der Waals surface area (Å²) in [6.07, 6.45) is 5.38. The van der Waals surface area contributed by atoms with Crippen molar-refractivity contribution < 1.29 is 5.11 Å². The number of hydrogen-bond donors (Lipinski definition) is 2. The monoisotopic (exact) mass is 288 g/mol. The van der Waals surface area contributed by atoms with Crippen molar-refractivity contribution in [3.8, 4) is 0 Å². The van der Waals surface area contributed by atoms with Crippen LogP contribution >= 0.6 is 0 Å². The van der Waals surface area contributed by atoms with Gasteiger partial charge in [-0.2, -0.15) is 0 Å². The van der Waals surface area contributed by atoms with Gasteiger partial charge in [0.1, 0.15) is 0 Å². The molecule has 1 aromatic carbocycles. The summed E-state index contributed by atoms with van der Waals surface area (Å²) in [6, 6.07) is 12.6. The zero-order valence-electron chi connectivity index (χ0n) is 13.0. The van der Waals surface area contributed by atoms with Crippen molar-refractivity contribution in [1.29, 1.82) is 0 Å². The van der Waals surface area contributed by atoms with E-state index in [0.717, 1.165) is 38.8 Å². The minimum Gasteiger partial charge on any atom is -0.393 e. The number of hydrogen-bond acceptors (Lipinski definition) is 3. The van der Waals surface area contributed by atoms with E-state index in [2.05, 4.69) is 47.5 Å². The number of aliphatic hydroxyl groups excluding tert-OH is 1. The van der Waals surface area contributed by atoms with Gasteiger partial charge in [-0.25, -0.2) is 0 Å². The topological polar surface area (TPSA) is 35.5 Å². The second kappa shape index (κ2) is 6.91. The van der Waals surface area contributed by atoms with Crippen LogP contribution in [0.15, 0.2) is 30.3 Å². The predicted molar refractivity (Wildman–Crippen MR) is 86.1 cm³/mol. The van der Waals surface area contributed by atoms with Crippen LogP contribution in [0.25, 0.3) is 0 Å². The molecule has 3 nitrogen and oxygen atoms in total. The van der Waals surface area contributed by atoms with Gasteiger partial charge in [-0.3, -0.25) is 4.90 Å². The number of rotatable bonds is 4. The Morgan fingerprint density at radius 2 is 1.81 bits per heavy atom. The molecule has 0 aromatic heterocycles. The van der Waals surface area contributed by atoms with Crippen LogP contribution in [-0.4, -0.2) is 40.8 Å². The molecule has 1 aromatic rings. The first-order valence-corrected chi connectivity index (χ1v) is 8.43. The molecule has 0 amide bonds. The minimum atomic E-state index is -0.0554. The maximum absolute atomic E-state index is 9.60. The van der Waals surface area contributed by atoms with E-state index in [1.54, 1.807) is 0 Å². The third kappa shape index (κ3) is 4.06. The Balaban J connectivity index is 1.49. The number of aliphatic hydroxyl groups is 1. The van der Waals surface area contributed by atoms with Crippen molar-refractivity contribution in [2.24, 2.45) is 0 Å². The summed E-state index contributed by atoms with van der Waals surface area (Å²) in [5.41, 5.74) is 1.41. The Kier molecular flexibility index (Phi) is 4.94. The zero-order valence-corrected chi connectivity index (χ0v) is 13.0. The van der Waals surface area contributed by atoms with Crippen LogP contribution in [0.4, 0.5) is 0 Å². The summed E-state index contributed by atoms with van der Waals surface area (Å²) in [4.78, 5) is 2.59. The molecule has 0 unspecified atom stereocenters. The van der Waals surface area contributed by atoms with Gasteiger partial charge in [0.2, 0.25) is 0 Å². The van der Waals surface area contributed by atoms with Crippen LogP contribution in [-0.2, 0) is 6.54 Å². The van der Waals surface area contributed by atoms with Gasteiger partial charge in [-0.05, 0) is 44.6 Å². The molecule has 116 valence electrons. The molecule has 1 saturated carbocycles. The number of likely N-dealkylation sites (tertiary alicyclic amines) is 1. The molecule has 1 heterocycles. The van der Waals surface area contributed by atoms with E-state index >= 15 is 0 Å². The van der Waals surface area contributed by atoms with E-state index in [4.69, 9.17) is 0 Å². The Hall–Kier alpha value is -0.900. The lowest BCUT2D eigenvalue weighted by molar-refractivity contribution is 0.114. The fourth-order valence-electron chi connectivity index (χ4n) is 3.83. The standard InChI is InChI=1S/C18H28N2O/c1-14-11-17(19-16-7-9-18(21)10-8-16)13-20(14)12-15-5-3-2-4-6-15/h2-6,14,16-19,21H,7-13H2,1H3/t14-,16?,17+,18?/m0/s1. The average Bonchev–Trinajstić information content (AvgIpc) is 2.82. The fourth-order valence-corrected chi connectivity index (χ4v) is 3.83. The highest BCUT2D eigenvalue weighted by molar-refractivity contribution is 5.15. The molecule has 3 heteroatoms. The largest absolute Gasteiger partial charge is 0.393 e. The molecule has 2 N–H and O–H groups in total. The lowest BCUT2D eigenvalue weighted by Crippen LogP contribution is -2.42. The van der Waals surface area contributed by atoms with Gasteiger partial charge in [0.15, 0.2) is 0 Å². The van der Waals surface area contributed by atoms with E-state index in [-0.39, 0.29) is 6.10 Å². The highest BCUT2D eigenvalue weighted by Crippen LogP contribution is 2.24. The summed E-state index contributed by atoms with van der Waals surface area (Å²) < 4.78 is 0. The summed E-state index contributed by atoms with van der Waals surface area (Å²) in [7, 11) is 0. The smallest absolute Gasteiger partial charge is 0.0541 e. The van der Waals surface area contributed by atoms with Crippen molar-refractivity contribution in [3.63, 3.8) is 0 Å². The van der Waals surface area contributed by atoms with Crippen molar-refractivity contribution >= 4 is 0 Å². The molecular formula is C18H28N2O. The third-order valence-corrected chi connectivity index (χ3v) is 5.10. The fraction of sp³-hybridized carbons (Fsp3) is 0.667. The third-order valence-electron chi connectivity index (χ3n) is 5.10. The van der Waals surface area contributed by atoms with Gasteiger partial charge >= 0.3 is 0 Å². The van der Waals surface area contributed by atoms with Crippen LogP contribution in [0.1, 0.15) is 44.6 Å². The molecule has 0 spiro atoms. The lowest BCUT2D eigenvalue weighted by atomic mass is 9.92. The van der Waals surface area contributed by atoms with Crippen molar-refractivity contribution in [2.45, 2.75) is 69.8 Å². The molecule has 2 fully saturated rings. The molecule has 1 saturated heterocycles. The second-order valence-electron chi connectivity index (χ2n) is 6.87. The normalized spacial score (nSPS) is 34.2. The van der Waals surface area contributed by atoms with E-state index < -0.39 is 0 Å². The number of benzene rings is 1. The van der Waals surface area contributed by atoms with E-state index in [1.807, 2.05) is 0 Å². The van der Waals surface area contributed by atoms with Crippen molar-refractivity contribution in [2.75, 3.05) is 6.54 Å². The van der Waals surface area contributed by atoms with Gasteiger partial charge in [0.05, 0.1) is 6.10 Å². The lowest BCUT2D eigenvalue weighted by Gasteiger charge is -2.29. The first kappa shape index (κ1) is 15.0. The first-order valence-electron chi connectivity index (χ1n) is 8.43. The van der Waals surface area contributed by atoms with Crippen LogP contribution in [0.5, 0.6) is 0 Å². The maximum Gasteiger partial charge on any atom is 0.0541 e. The molecule has 0 radical (unpaired) electrons. The predicted octanol–water partition coefficient (Wildman–Crippen LogP) is 2.54. The van der Waals surface area contributed by atoms with Crippen LogP contribution < -0.4 is 5.32 Å². The quantitative estimate of drug-likeness (QED) is 0.894. The summed E-state index contributed by atoms with van der Waals surface area (Å²) in [5.74, 6) is 0. The summed E-state index contributed by atoms with van der Waals surface area (Å²) >= 11 is 0. The van der Waals surface area contributed by atoms with E-state index in [9.17, 15) is 5.11 Å². The first-order chi connectivity index (χ1) is 10.2. The van der Waals surface area contributed by atoms with E-state index in [0.29, 0.717) is 18.1 Å². The van der Waals surface area contributed by atoms with Crippen molar-refractivity contribution in [1.82, 2.24) is 10.2 Å². The van der Waals surface area contributed by atoms with Crippen LogP contribution in [0, 0.1) is 0 Å². The SMILES string of the molecule is C[C@H]1C[C@@H](NC2CCC(O)CC2)CN1Cc1ccccc1. The van der Waals surface area contributed by atoms with Crippen LogP contribution in [0.2, 0.25) is 0 Å². The molecule has 2 atom stereocenters. The molecule has 1 aliphatic carbocycles. The van der Waals surface area contributed by atoms with Crippen LogP contribution in [0.3, 0.4) is 0 Å². The maximum atomic E-state index is 9.60. The molecule has 21 heavy (non-hydrogen) atoms. The average molecular weight is 288 g/mol. The second-order valence-corrected chi connectivity index (χ2v) is 6.87. The zero-order chi connectivity index (χ0) is 14.7. The number of nitrogens with zero attached hydrogens (tertiary/aromatic N) is 1. The highest BCUT2D eigenvalue weighted by atomic mass is 16.3. The van der Waals surface area contributed by atoms with Crippen molar-refractivity contribution in [3.05, 3.63) is 35.9 Å². The summed E-state index contributed by atoms with van der Waals surface area (Å²) in [6.45, 7) is 4.55. The highest BCUT2D eigenvalue weighted by Gasteiger charge is 2.31. The molecule has 0 bridgehead atoms. The van der Waals surface area contributed by atoms with E-state index in [1.165, 1.54) is 12.0 Å². The Morgan fingerprint density at radius 3 is 2.52 bits per heavy atom. The Bertz CT molecular complexity index is 428.